The van der Waals surface area contributed by atoms with E-state index in [9.17, 15) is 4.79 Å². The Morgan fingerprint density at radius 2 is 2.12 bits per heavy atom. The molecule has 0 atom stereocenters. The second-order valence-corrected chi connectivity index (χ2v) is 4.31. The van der Waals surface area contributed by atoms with Crippen molar-refractivity contribution in [2.45, 2.75) is 31.6 Å². The van der Waals surface area contributed by atoms with Crippen molar-refractivity contribution < 1.29 is 4.79 Å². The maximum atomic E-state index is 10.9. The van der Waals surface area contributed by atoms with E-state index in [0.29, 0.717) is 17.1 Å². The van der Waals surface area contributed by atoms with E-state index in [1.54, 1.807) is 6.07 Å². The van der Waals surface area contributed by atoms with Crippen LogP contribution in [0.1, 0.15) is 47.8 Å². The third-order valence-electron chi connectivity index (χ3n) is 3.34. The molecular weight excluding hydrogens is 202 g/mol. The van der Waals surface area contributed by atoms with Gasteiger partial charge in [-0.3, -0.25) is 9.20 Å². The van der Waals surface area contributed by atoms with Crippen LogP contribution in [-0.4, -0.2) is 20.9 Å². The molecule has 4 heteroatoms. The van der Waals surface area contributed by atoms with Crippen molar-refractivity contribution in [2.75, 3.05) is 0 Å². The Hall–Kier alpha value is -1.71. The maximum Gasteiger partial charge on any atom is 0.171 e. The number of fused-ring (bicyclic) bond motifs is 1. The second kappa shape index (κ2) is 3.70. The standard InChI is InChI=1S/C12H13N3O/c16-8-10-6-3-7-15-11(13-14-12(10)15)9-4-1-2-5-9/h3,6-9H,1-2,4-5H2. The first-order valence-corrected chi connectivity index (χ1v) is 5.69. The van der Waals surface area contributed by atoms with Crippen LogP contribution in [0.15, 0.2) is 18.3 Å². The van der Waals surface area contributed by atoms with Crippen molar-refractivity contribution in [2.24, 2.45) is 0 Å². The van der Waals surface area contributed by atoms with E-state index in [1.807, 2.05) is 16.7 Å². The molecule has 0 amide bonds. The van der Waals surface area contributed by atoms with Crippen LogP contribution in [0, 0.1) is 0 Å². The molecule has 2 heterocycles. The summed E-state index contributed by atoms with van der Waals surface area (Å²) in [7, 11) is 0. The van der Waals surface area contributed by atoms with Gasteiger partial charge < -0.3 is 0 Å². The van der Waals surface area contributed by atoms with Crippen LogP contribution in [0.25, 0.3) is 5.65 Å². The minimum absolute atomic E-state index is 0.511. The van der Waals surface area contributed by atoms with E-state index in [4.69, 9.17) is 0 Å². The van der Waals surface area contributed by atoms with Gasteiger partial charge in [-0.1, -0.05) is 12.8 Å². The fraction of sp³-hybridized carbons (Fsp3) is 0.417. The van der Waals surface area contributed by atoms with Crippen molar-refractivity contribution >= 4 is 11.9 Å². The number of aromatic nitrogens is 3. The predicted molar refractivity (Wildman–Crippen MR) is 59.6 cm³/mol. The number of aldehydes is 1. The van der Waals surface area contributed by atoms with Gasteiger partial charge in [-0.15, -0.1) is 10.2 Å². The molecule has 0 N–H and O–H groups in total. The summed E-state index contributed by atoms with van der Waals surface area (Å²) >= 11 is 0. The Balaban J connectivity index is 2.16. The third-order valence-corrected chi connectivity index (χ3v) is 3.34. The molecule has 0 aromatic carbocycles. The number of hydrogen-bond acceptors (Lipinski definition) is 3. The zero-order valence-electron chi connectivity index (χ0n) is 8.97. The van der Waals surface area contributed by atoms with Gasteiger partial charge in [0.1, 0.15) is 5.82 Å². The van der Waals surface area contributed by atoms with Crippen molar-refractivity contribution in [3.8, 4) is 0 Å². The van der Waals surface area contributed by atoms with E-state index in [2.05, 4.69) is 10.2 Å². The van der Waals surface area contributed by atoms with Crippen molar-refractivity contribution in [1.82, 2.24) is 14.6 Å². The van der Waals surface area contributed by atoms with Gasteiger partial charge in [0, 0.05) is 12.1 Å². The number of rotatable bonds is 2. The van der Waals surface area contributed by atoms with Crippen LogP contribution in [0.4, 0.5) is 0 Å². The average molecular weight is 215 g/mol. The van der Waals surface area contributed by atoms with Gasteiger partial charge in [-0.05, 0) is 25.0 Å². The zero-order valence-corrected chi connectivity index (χ0v) is 8.97. The Bertz CT molecular complexity index is 526. The number of carbonyl (C=O) groups is 1. The van der Waals surface area contributed by atoms with Gasteiger partial charge in [0.05, 0.1) is 5.56 Å². The van der Waals surface area contributed by atoms with Crippen LogP contribution in [0.2, 0.25) is 0 Å². The first-order valence-electron chi connectivity index (χ1n) is 5.69. The highest BCUT2D eigenvalue weighted by molar-refractivity contribution is 5.83. The lowest BCUT2D eigenvalue weighted by Crippen LogP contribution is -2.00. The summed E-state index contributed by atoms with van der Waals surface area (Å²) in [5, 5.41) is 8.36. The summed E-state index contributed by atoms with van der Waals surface area (Å²) in [6.45, 7) is 0. The van der Waals surface area contributed by atoms with E-state index < -0.39 is 0 Å². The molecule has 1 aliphatic carbocycles. The van der Waals surface area contributed by atoms with Gasteiger partial charge in [0.25, 0.3) is 0 Å². The van der Waals surface area contributed by atoms with Crippen molar-refractivity contribution in [3.63, 3.8) is 0 Å². The molecule has 0 spiro atoms. The lowest BCUT2D eigenvalue weighted by atomic mass is 10.1. The Morgan fingerprint density at radius 3 is 2.88 bits per heavy atom. The van der Waals surface area contributed by atoms with Crippen LogP contribution >= 0.6 is 0 Å². The van der Waals surface area contributed by atoms with Crippen molar-refractivity contribution in [3.05, 3.63) is 29.7 Å². The number of pyridine rings is 1. The Labute approximate surface area is 93.3 Å². The van der Waals surface area contributed by atoms with Crippen LogP contribution in [-0.2, 0) is 0 Å². The molecule has 1 aliphatic rings. The fourth-order valence-corrected chi connectivity index (χ4v) is 2.51. The maximum absolute atomic E-state index is 10.9. The van der Waals surface area contributed by atoms with Crippen LogP contribution in [0.5, 0.6) is 0 Å². The van der Waals surface area contributed by atoms with Crippen LogP contribution < -0.4 is 0 Å². The summed E-state index contributed by atoms with van der Waals surface area (Å²) in [6, 6.07) is 3.65. The molecule has 2 aromatic rings. The topological polar surface area (TPSA) is 47.3 Å². The first kappa shape index (κ1) is 9.51. The third kappa shape index (κ3) is 1.33. The minimum atomic E-state index is 0.511. The molecule has 0 saturated heterocycles. The van der Waals surface area contributed by atoms with Crippen molar-refractivity contribution in [1.29, 1.82) is 0 Å². The molecule has 0 unspecified atom stereocenters. The highest BCUT2D eigenvalue weighted by Crippen LogP contribution is 2.33. The Morgan fingerprint density at radius 1 is 1.31 bits per heavy atom. The predicted octanol–water partition coefficient (Wildman–Crippen LogP) is 2.20. The molecule has 0 bridgehead atoms. The molecule has 3 rings (SSSR count). The van der Waals surface area contributed by atoms with E-state index in [0.717, 1.165) is 12.1 Å². The quantitative estimate of drug-likeness (QED) is 0.721. The molecule has 82 valence electrons. The highest BCUT2D eigenvalue weighted by atomic mass is 16.1. The monoisotopic (exact) mass is 215 g/mol. The summed E-state index contributed by atoms with van der Waals surface area (Å²) < 4.78 is 1.96. The SMILES string of the molecule is O=Cc1cccn2c(C3CCCC3)nnc12. The van der Waals surface area contributed by atoms with Gasteiger partial charge in [-0.25, -0.2) is 0 Å². The largest absolute Gasteiger partial charge is 0.298 e. The number of nitrogens with zero attached hydrogens (tertiary/aromatic N) is 3. The fourth-order valence-electron chi connectivity index (χ4n) is 2.51. The van der Waals surface area contributed by atoms with Crippen LogP contribution in [0.3, 0.4) is 0 Å². The molecule has 0 radical (unpaired) electrons. The lowest BCUT2D eigenvalue weighted by Gasteiger charge is -2.06. The van der Waals surface area contributed by atoms with Gasteiger partial charge in [-0.2, -0.15) is 0 Å². The Kier molecular flexibility index (Phi) is 2.20. The lowest BCUT2D eigenvalue weighted by molar-refractivity contribution is 0.112. The molecule has 1 fully saturated rings. The number of carbonyl (C=O) groups excluding carboxylic acids is 1. The van der Waals surface area contributed by atoms with E-state index >= 15 is 0 Å². The summed E-state index contributed by atoms with van der Waals surface area (Å²) in [4.78, 5) is 10.9. The summed E-state index contributed by atoms with van der Waals surface area (Å²) in [6.07, 6.45) is 7.69. The average Bonchev–Trinajstić information content (AvgIpc) is 2.96. The minimum Gasteiger partial charge on any atom is -0.298 e. The van der Waals surface area contributed by atoms with E-state index in [1.165, 1.54) is 25.7 Å². The zero-order chi connectivity index (χ0) is 11.0. The molecule has 4 nitrogen and oxygen atoms in total. The normalized spacial score (nSPS) is 17.0. The van der Waals surface area contributed by atoms with Gasteiger partial charge >= 0.3 is 0 Å². The molecule has 16 heavy (non-hydrogen) atoms. The molecule has 1 saturated carbocycles. The molecule has 0 aliphatic heterocycles. The highest BCUT2D eigenvalue weighted by Gasteiger charge is 2.22. The molecule has 2 aromatic heterocycles. The summed E-state index contributed by atoms with van der Waals surface area (Å²) in [5.41, 5.74) is 1.29. The second-order valence-electron chi connectivity index (χ2n) is 4.31. The van der Waals surface area contributed by atoms with Gasteiger partial charge in [0.2, 0.25) is 0 Å². The van der Waals surface area contributed by atoms with E-state index in [-0.39, 0.29) is 0 Å². The van der Waals surface area contributed by atoms with Gasteiger partial charge in [0.15, 0.2) is 11.9 Å². The smallest absolute Gasteiger partial charge is 0.171 e. The molecular formula is C12H13N3O. The summed E-state index contributed by atoms with van der Waals surface area (Å²) in [5.74, 6) is 1.52. The number of hydrogen-bond donors (Lipinski definition) is 0. The first-order chi connectivity index (χ1) is 7.90.